The summed E-state index contributed by atoms with van der Waals surface area (Å²) in [5.41, 5.74) is 0.837. The third-order valence-electron chi connectivity index (χ3n) is 2.29. The van der Waals surface area contributed by atoms with Crippen LogP contribution in [-0.4, -0.2) is 28.9 Å². The van der Waals surface area contributed by atoms with Crippen LogP contribution in [0, 0.1) is 6.92 Å². The zero-order valence-electron chi connectivity index (χ0n) is 10.4. The molecule has 2 rings (SSSR count). The normalized spacial score (nSPS) is 11.6. The standard InChI is InChI=1S/C9H9ClN4O3S3/c1-3-5-6(19-14-13-5)7(15)12-9-11-4(2)8(18-9)20(10,16)17/h3H2,1-2H3,(H,11,12,15). The van der Waals surface area contributed by atoms with Crippen molar-refractivity contribution < 1.29 is 13.2 Å². The molecule has 2 aromatic rings. The van der Waals surface area contributed by atoms with Gasteiger partial charge < -0.3 is 0 Å². The van der Waals surface area contributed by atoms with Crippen molar-refractivity contribution in [1.29, 1.82) is 0 Å². The van der Waals surface area contributed by atoms with Gasteiger partial charge in [0.2, 0.25) is 0 Å². The van der Waals surface area contributed by atoms with E-state index in [9.17, 15) is 13.2 Å². The molecule has 0 radical (unpaired) electrons. The van der Waals surface area contributed by atoms with Crippen molar-refractivity contribution in [2.75, 3.05) is 5.32 Å². The molecule has 0 saturated carbocycles. The van der Waals surface area contributed by atoms with Crippen molar-refractivity contribution in [3.8, 4) is 0 Å². The number of thiazole rings is 1. The Morgan fingerprint density at radius 1 is 1.45 bits per heavy atom. The van der Waals surface area contributed by atoms with Crippen molar-refractivity contribution >= 4 is 53.6 Å². The van der Waals surface area contributed by atoms with E-state index < -0.39 is 15.0 Å². The summed E-state index contributed by atoms with van der Waals surface area (Å²) < 4.78 is 26.2. The maximum atomic E-state index is 12.0. The van der Waals surface area contributed by atoms with Crippen molar-refractivity contribution in [3.05, 3.63) is 16.3 Å². The maximum Gasteiger partial charge on any atom is 0.272 e. The van der Waals surface area contributed by atoms with Crippen LogP contribution < -0.4 is 5.32 Å². The van der Waals surface area contributed by atoms with Crippen molar-refractivity contribution in [2.24, 2.45) is 0 Å². The van der Waals surface area contributed by atoms with Gasteiger partial charge in [-0.25, -0.2) is 13.4 Å². The lowest BCUT2D eigenvalue weighted by atomic mass is 10.3. The fourth-order valence-corrected chi connectivity index (χ4v) is 4.42. The number of aryl methyl sites for hydroxylation is 2. The Hall–Kier alpha value is -1.10. The molecule has 0 spiro atoms. The molecule has 0 fully saturated rings. The van der Waals surface area contributed by atoms with Gasteiger partial charge in [-0.1, -0.05) is 22.7 Å². The molecule has 1 N–H and O–H groups in total. The summed E-state index contributed by atoms with van der Waals surface area (Å²) in [6.07, 6.45) is 0.581. The summed E-state index contributed by atoms with van der Waals surface area (Å²) in [5.74, 6) is -0.413. The summed E-state index contributed by atoms with van der Waals surface area (Å²) in [6.45, 7) is 3.37. The second-order valence-corrected chi connectivity index (χ2v) is 8.20. The van der Waals surface area contributed by atoms with E-state index in [2.05, 4.69) is 19.9 Å². The molecule has 2 heterocycles. The van der Waals surface area contributed by atoms with Crippen LogP contribution in [0.4, 0.5) is 5.13 Å². The van der Waals surface area contributed by atoms with E-state index in [1.54, 1.807) is 0 Å². The molecule has 1 amide bonds. The van der Waals surface area contributed by atoms with Crippen LogP contribution in [0.2, 0.25) is 0 Å². The Balaban J connectivity index is 2.25. The van der Waals surface area contributed by atoms with E-state index in [1.165, 1.54) is 6.92 Å². The van der Waals surface area contributed by atoms with E-state index in [0.717, 1.165) is 22.9 Å². The number of anilines is 1. The third-order valence-corrected chi connectivity index (χ3v) is 6.31. The predicted molar refractivity (Wildman–Crippen MR) is 77.1 cm³/mol. The molecular weight excluding hydrogens is 344 g/mol. The molecule has 0 aromatic carbocycles. The highest BCUT2D eigenvalue weighted by molar-refractivity contribution is 8.15. The minimum Gasteiger partial charge on any atom is -0.297 e. The maximum absolute atomic E-state index is 12.0. The molecule has 108 valence electrons. The SMILES string of the molecule is CCc1nnsc1C(=O)Nc1nc(C)c(S(=O)(=O)Cl)s1. The van der Waals surface area contributed by atoms with Crippen molar-refractivity contribution in [3.63, 3.8) is 0 Å². The van der Waals surface area contributed by atoms with Crippen LogP contribution in [-0.2, 0) is 15.5 Å². The minimum absolute atomic E-state index is 0.0763. The number of aromatic nitrogens is 3. The summed E-state index contributed by atoms with van der Waals surface area (Å²) in [7, 11) is 1.41. The first-order valence-corrected chi connectivity index (χ1v) is 9.27. The van der Waals surface area contributed by atoms with Crippen LogP contribution in [0.3, 0.4) is 0 Å². The zero-order chi connectivity index (χ0) is 14.9. The number of rotatable bonds is 4. The van der Waals surface area contributed by atoms with Crippen LogP contribution in [0.5, 0.6) is 0 Å². The topological polar surface area (TPSA) is 102 Å². The monoisotopic (exact) mass is 352 g/mol. The Bertz CT molecular complexity index is 752. The van der Waals surface area contributed by atoms with E-state index in [4.69, 9.17) is 10.7 Å². The highest BCUT2D eigenvalue weighted by Crippen LogP contribution is 2.30. The molecule has 20 heavy (non-hydrogen) atoms. The van der Waals surface area contributed by atoms with Gasteiger partial charge in [-0.15, -0.1) is 5.10 Å². The molecule has 0 aliphatic heterocycles. The number of halogens is 1. The number of amides is 1. The van der Waals surface area contributed by atoms with E-state index in [-0.39, 0.29) is 15.0 Å². The molecule has 7 nitrogen and oxygen atoms in total. The number of carbonyl (C=O) groups is 1. The van der Waals surface area contributed by atoms with E-state index in [1.807, 2.05) is 6.92 Å². The number of nitrogens with zero attached hydrogens (tertiary/aromatic N) is 3. The largest absolute Gasteiger partial charge is 0.297 e. The molecule has 0 aliphatic carbocycles. The fourth-order valence-electron chi connectivity index (χ4n) is 1.43. The second kappa shape index (κ2) is 5.72. The van der Waals surface area contributed by atoms with Crippen LogP contribution in [0.25, 0.3) is 0 Å². The summed E-state index contributed by atoms with van der Waals surface area (Å²) >= 11 is 1.78. The van der Waals surface area contributed by atoms with Gasteiger partial charge in [-0.05, 0) is 24.9 Å². The van der Waals surface area contributed by atoms with E-state index in [0.29, 0.717) is 17.0 Å². The summed E-state index contributed by atoms with van der Waals surface area (Å²) in [5, 5.41) is 6.53. The third kappa shape index (κ3) is 3.14. The molecule has 2 aromatic heterocycles. The van der Waals surface area contributed by atoms with Crippen LogP contribution in [0.1, 0.15) is 28.0 Å². The van der Waals surface area contributed by atoms with E-state index >= 15 is 0 Å². The van der Waals surface area contributed by atoms with Gasteiger partial charge in [0.15, 0.2) is 9.34 Å². The fraction of sp³-hybridized carbons (Fsp3) is 0.333. The Labute approximate surface area is 127 Å². The number of hydrogen-bond donors (Lipinski definition) is 1. The first-order chi connectivity index (χ1) is 9.32. The molecule has 0 bridgehead atoms. The first kappa shape index (κ1) is 15.3. The van der Waals surface area contributed by atoms with Gasteiger partial charge >= 0.3 is 0 Å². The van der Waals surface area contributed by atoms with Gasteiger partial charge in [0.1, 0.15) is 4.88 Å². The van der Waals surface area contributed by atoms with Crippen molar-refractivity contribution in [2.45, 2.75) is 24.5 Å². The molecular formula is C9H9ClN4O3S3. The van der Waals surface area contributed by atoms with Gasteiger partial charge in [0, 0.05) is 10.7 Å². The lowest BCUT2D eigenvalue weighted by Gasteiger charge is -1.98. The Morgan fingerprint density at radius 2 is 2.15 bits per heavy atom. The second-order valence-electron chi connectivity index (χ2n) is 3.69. The van der Waals surface area contributed by atoms with Gasteiger partial charge in [0.25, 0.3) is 15.0 Å². The lowest BCUT2D eigenvalue weighted by Crippen LogP contribution is -2.12. The number of nitrogens with one attached hydrogen (secondary N) is 1. The molecule has 0 saturated heterocycles. The van der Waals surface area contributed by atoms with Gasteiger partial charge in [-0.2, -0.15) is 0 Å². The van der Waals surface area contributed by atoms with Gasteiger partial charge in [-0.3, -0.25) is 10.1 Å². The smallest absolute Gasteiger partial charge is 0.272 e. The van der Waals surface area contributed by atoms with Crippen LogP contribution >= 0.6 is 33.6 Å². The highest BCUT2D eigenvalue weighted by atomic mass is 35.7. The quantitative estimate of drug-likeness (QED) is 0.845. The summed E-state index contributed by atoms with van der Waals surface area (Å²) in [4.78, 5) is 16.4. The Kier molecular flexibility index (Phi) is 4.37. The molecule has 0 aliphatic rings. The minimum atomic E-state index is -3.86. The first-order valence-electron chi connectivity index (χ1n) is 5.37. The molecule has 11 heteroatoms. The number of carbonyl (C=O) groups excluding carboxylic acids is 1. The molecule has 0 atom stereocenters. The number of hydrogen-bond acceptors (Lipinski definition) is 8. The predicted octanol–water partition coefficient (Wildman–Crippen LogP) is 2.05. The van der Waals surface area contributed by atoms with Crippen molar-refractivity contribution in [1.82, 2.24) is 14.6 Å². The average molecular weight is 353 g/mol. The average Bonchev–Trinajstić information content (AvgIpc) is 2.94. The molecule has 0 unspecified atom stereocenters. The van der Waals surface area contributed by atoms with Gasteiger partial charge in [0.05, 0.1) is 11.4 Å². The Morgan fingerprint density at radius 3 is 2.70 bits per heavy atom. The highest BCUT2D eigenvalue weighted by Gasteiger charge is 2.22. The lowest BCUT2D eigenvalue weighted by molar-refractivity contribution is 0.102. The van der Waals surface area contributed by atoms with Crippen LogP contribution in [0.15, 0.2) is 4.21 Å². The summed E-state index contributed by atoms with van der Waals surface area (Å²) in [6, 6.07) is 0. The zero-order valence-corrected chi connectivity index (χ0v) is 13.6.